The monoisotopic (exact) mass is 536 g/mol. The van der Waals surface area contributed by atoms with Crippen molar-refractivity contribution in [3.63, 3.8) is 0 Å². The molecule has 2 aliphatic rings. The van der Waals surface area contributed by atoms with E-state index >= 15 is 0 Å². The summed E-state index contributed by atoms with van der Waals surface area (Å²) in [5.74, 6) is 0.796. The molecule has 6 heteroatoms. The third-order valence-electron chi connectivity index (χ3n) is 7.89. The van der Waals surface area contributed by atoms with Crippen LogP contribution < -0.4 is 0 Å². The Morgan fingerprint density at radius 1 is 0.806 bits per heavy atom. The van der Waals surface area contributed by atoms with Crippen molar-refractivity contribution in [2.24, 2.45) is 11.3 Å². The van der Waals surface area contributed by atoms with E-state index in [-0.39, 0.29) is 30.9 Å². The summed E-state index contributed by atoms with van der Waals surface area (Å²) in [7, 11) is 0. The molecule has 202 valence electrons. The van der Waals surface area contributed by atoms with Gasteiger partial charge in [-0.25, -0.2) is 0 Å². The van der Waals surface area contributed by atoms with Gasteiger partial charge in [0.2, 0.25) is 0 Å². The van der Waals surface area contributed by atoms with Crippen molar-refractivity contribution in [3.05, 3.63) is 71.8 Å². The van der Waals surface area contributed by atoms with Crippen LogP contribution >= 0.6 is 24.8 Å². The number of halogens is 2. The lowest BCUT2D eigenvalue weighted by molar-refractivity contribution is -0.0477. The van der Waals surface area contributed by atoms with Gasteiger partial charge in [0.05, 0.1) is 24.9 Å². The molecule has 36 heavy (non-hydrogen) atoms. The Hall–Kier alpha value is -1.14. The number of aliphatic hydroxyl groups excluding tert-OH is 1. The summed E-state index contributed by atoms with van der Waals surface area (Å²) in [5.41, 5.74) is 3.08. The van der Waals surface area contributed by atoms with Crippen molar-refractivity contribution in [1.82, 2.24) is 9.80 Å². The topological polar surface area (TPSA) is 35.9 Å². The van der Waals surface area contributed by atoms with Crippen LogP contribution in [0.5, 0.6) is 0 Å². The molecule has 2 aromatic carbocycles. The fraction of sp³-hybridized carbons (Fsp3) is 0.600. The molecule has 1 saturated heterocycles. The number of rotatable bonds is 8. The van der Waals surface area contributed by atoms with E-state index in [1.165, 1.54) is 24.0 Å². The zero-order valence-corrected chi connectivity index (χ0v) is 23.9. The van der Waals surface area contributed by atoms with Crippen molar-refractivity contribution < 1.29 is 9.84 Å². The van der Waals surface area contributed by atoms with Crippen LogP contribution in [-0.4, -0.2) is 66.4 Å². The Labute approximate surface area is 231 Å². The standard InChI is InChI=1S/C30H44N2O2.2ClH/c1-30(2,3)26-14-16-28(17-15-26)34-23-27(33)22-31-18-20-32(21-19-31)29(24-10-6-4-7-11-24)25-12-8-5-9-13-25;;/h4-13,26-29,33H,14-23H2,1-3H3;2*1H. The van der Waals surface area contributed by atoms with E-state index in [2.05, 4.69) is 91.2 Å². The number of ether oxygens (including phenoxy) is 1. The van der Waals surface area contributed by atoms with E-state index in [4.69, 9.17) is 4.74 Å². The van der Waals surface area contributed by atoms with Crippen LogP contribution in [0.15, 0.2) is 60.7 Å². The van der Waals surface area contributed by atoms with Crippen LogP contribution in [0.25, 0.3) is 0 Å². The molecule has 1 aliphatic heterocycles. The third kappa shape index (κ3) is 8.72. The van der Waals surface area contributed by atoms with Gasteiger partial charge < -0.3 is 9.84 Å². The van der Waals surface area contributed by atoms with Gasteiger partial charge in [0.25, 0.3) is 0 Å². The van der Waals surface area contributed by atoms with E-state index in [9.17, 15) is 5.11 Å². The summed E-state index contributed by atoms with van der Waals surface area (Å²) in [6, 6.07) is 21.9. The second-order valence-corrected chi connectivity index (χ2v) is 11.4. The molecule has 4 nitrogen and oxygen atoms in total. The molecular weight excluding hydrogens is 491 g/mol. The minimum atomic E-state index is -0.411. The Balaban J connectivity index is 0.00000228. The highest BCUT2D eigenvalue weighted by Crippen LogP contribution is 2.38. The number of piperazine rings is 1. The summed E-state index contributed by atoms with van der Waals surface area (Å²) < 4.78 is 6.14. The second-order valence-electron chi connectivity index (χ2n) is 11.4. The third-order valence-corrected chi connectivity index (χ3v) is 7.89. The number of benzene rings is 2. The highest BCUT2D eigenvalue weighted by atomic mass is 35.5. The second kappa shape index (κ2) is 14.7. The molecule has 0 spiro atoms. The van der Waals surface area contributed by atoms with Crippen LogP contribution in [0.2, 0.25) is 0 Å². The quantitative estimate of drug-likeness (QED) is 0.434. The fourth-order valence-electron chi connectivity index (χ4n) is 5.78. The van der Waals surface area contributed by atoms with Gasteiger partial charge in [-0.2, -0.15) is 0 Å². The molecule has 1 heterocycles. The minimum absolute atomic E-state index is 0. The van der Waals surface area contributed by atoms with Gasteiger partial charge in [0.1, 0.15) is 0 Å². The molecule has 1 unspecified atom stereocenters. The van der Waals surface area contributed by atoms with Gasteiger partial charge in [-0.15, -0.1) is 24.8 Å². The highest BCUT2D eigenvalue weighted by molar-refractivity contribution is 5.85. The Morgan fingerprint density at radius 3 is 1.78 bits per heavy atom. The van der Waals surface area contributed by atoms with E-state index < -0.39 is 6.10 Å². The Bertz CT molecular complexity index is 807. The average molecular weight is 538 g/mol. The number of nitrogens with zero attached hydrogens (tertiary/aromatic N) is 2. The van der Waals surface area contributed by atoms with Crippen molar-refractivity contribution in [2.45, 2.75) is 64.7 Å². The lowest BCUT2D eigenvalue weighted by Crippen LogP contribution is -2.50. The van der Waals surface area contributed by atoms with Crippen molar-refractivity contribution in [1.29, 1.82) is 0 Å². The van der Waals surface area contributed by atoms with Gasteiger partial charge in [-0.05, 0) is 48.1 Å². The summed E-state index contributed by atoms with van der Waals surface area (Å²) in [6.45, 7) is 12.2. The molecule has 0 radical (unpaired) electrons. The van der Waals surface area contributed by atoms with Crippen molar-refractivity contribution in [3.8, 4) is 0 Å². The predicted octanol–water partition coefficient (Wildman–Crippen LogP) is 6.22. The SMILES string of the molecule is CC(C)(C)C1CCC(OCC(O)CN2CCN(C(c3ccccc3)c3ccccc3)CC2)CC1.Cl.Cl. The van der Waals surface area contributed by atoms with E-state index in [0.717, 1.165) is 44.9 Å². The Kier molecular flexibility index (Phi) is 12.7. The normalized spacial score (nSPS) is 22.5. The summed E-state index contributed by atoms with van der Waals surface area (Å²) in [4.78, 5) is 4.98. The molecule has 0 bridgehead atoms. The van der Waals surface area contributed by atoms with Crippen LogP contribution in [-0.2, 0) is 4.74 Å². The molecule has 2 aromatic rings. The Morgan fingerprint density at radius 2 is 1.31 bits per heavy atom. The highest BCUT2D eigenvalue weighted by Gasteiger charge is 2.31. The number of β-amino-alcohol motifs (C(OH)–C–C–N with tert-alkyl or cyclic N) is 1. The molecule has 1 N–H and O–H groups in total. The maximum atomic E-state index is 10.7. The van der Waals surface area contributed by atoms with E-state index in [1.54, 1.807) is 0 Å². The van der Waals surface area contributed by atoms with Crippen molar-refractivity contribution >= 4 is 24.8 Å². The fourth-order valence-corrected chi connectivity index (χ4v) is 5.78. The maximum Gasteiger partial charge on any atom is 0.0900 e. The van der Waals surface area contributed by atoms with Crippen LogP contribution in [0.3, 0.4) is 0 Å². The zero-order chi connectivity index (χ0) is 24.0. The van der Waals surface area contributed by atoms with Gasteiger partial charge in [-0.1, -0.05) is 81.4 Å². The number of hydrogen-bond donors (Lipinski definition) is 1. The summed E-state index contributed by atoms with van der Waals surface area (Å²) in [5, 5.41) is 10.7. The lowest BCUT2D eigenvalue weighted by Gasteiger charge is -2.40. The molecule has 0 aromatic heterocycles. The van der Waals surface area contributed by atoms with Gasteiger partial charge in [-0.3, -0.25) is 9.80 Å². The molecule has 0 amide bonds. The van der Waals surface area contributed by atoms with Crippen LogP contribution in [0.1, 0.15) is 63.6 Å². The first kappa shape index (κ1) is 31.1. The maximum absolute atomic E-state index is 10.7. The molecule has 2 fully saturated rings. The van der Waals surface area contributed by atoms with Gasteiger partial charge in [0, 0.05) is 32.7 Å². The lowest BCUT2D eigenvalue weighted by atomic mass is 9.72. The van der Waals surface area contributed by atoms with Crippen LogP contribution in [0, 0.1) is 11.3 Å². The predicted molar refractivity (Wildman–Crippen MR) is 154 cm³/mol. The molecule has 1 saturated carbocycles. The van der Waals surface area contributed by atoms with Gasteiger partial charge in [0.15, 0.2) is 0 Å². The van der Waals surface area contributed by atoms with E-state index in [1.807, 2.05) is 0 Å². The zero-order valence-electron chi connectivity index (χ0n) is 22.2. The first-order valence-electron chi connectivity index (χ1n) is 13.3. The van der Waals surface area contributed by atoms with Crippen molar-refractivity contribution in [2.75, 3.05) is 39.3 Å². The van der Waals surface area contributed by atoms with Crippen LogP contribution in [0.4, 0.5) is 0 Å². The number of hydrogen-bond acceptors (Lipinski definition) is 4. The minimum Gasteiger partial charge on any atom is -0.389 e. The molecule has 4 rings (SSSR count). The molecular formula is C30H46Cl2N2O2. The van der Waals surface area contributed by atoms with Gasteiger partial charge >= 0.3 is 0 Å². The number of aliphatic hydroxyl groups is 1. The summed E-state index contributed by atoms with van der Waals surface area (Å²) >= 11 is 0. The molecule has 1 aliphatic carbocycles. The first-order chi connectivity index (χ1) is 16.4. The summed E-state index contributed by atoms with van der Waals surface area (Å²) in [6.07, 6.45) is 4.67. The first-order valence-corrected chi connectivity index (χ1v) is 13.3. The average Bonchev–Trinajstić information content (AvgIpc) is 2.85. The largest absolute Gasteiger partial charge is 0.389 e. The molecule has 1 atom stereocenters. The smallest absolute Gasteiger partial charge is 0.0900 e. The van der Waals surface area contributed by atoms with E-state index in [0.29, 0.717) is 24.7 Å².